The molecule has 0 aliphatic rings. The van der Waals surface area contributed by atoms with Gasteiger partial charge >= 0.3 is 5.97 Å². The molecule has 0 fully saturated rings. The molecule has 21 heavy (non-hydrogen) atoms. The molecule has 0 radical (unpaired) electrons. The van der Waals surface area contributed by atoms with Crippen LogP contribution in [0.3, 0.4) is 0 Å². The fourth-order valence-corrected chi connectivity index (χ4v) is 2.14. The van der Waals surface area contributed by atoms with Crippen LogP contribution in [0.5, 0.6) is 0 Å². The number of carbonyl (C=O) groups excluding carboxylic acids is 1. The Balaban J connectivity index is 2.54. The van der Waals surface area contributed by atoms with Crippen LogP contribution in [0.1, 0.15) is 18.1 Å². The Morgan fingerprint density at radius 3 is 2.95 bits per heavy atom. The molecular formula is C16H13ClN2O2. The van der Waals surface area contributed by atoms with Gasteiger partial charge in [-0.2, -0.15) is 5.26 Å². The van der Waals surface area contributed by atoms with Crippen LogP contribution in [0.2, 0.25) is 5.15 Å². The summed E-state index contributed by atoms with van der Waals surface area (Å²) in [5.74, 6) is -0.666. The van der Waals surface area contributed by atoms with Crippen molar-refractivity contribution in [2.75, 3.05) is 6.61 Å². The molecular weight excluding hydrogens is 288 g/mol. The van der Waals surface area contributed by atoms with Crippen molar-refractivity contribution in [1.82, 2.24) is 4.98 Å². The molecule has 4 nitrogen and oxygen atoms in total. The first-order valence-electron chi connectivity index (χ1n) is 6.41. The third kappa shape index (κ3) is 3.21. The van der Waals surface area contributed by atoms with Crippen molar-refractivity contribution < 1.29 is 9.53 Å². The van der Waals surface area contributed by atoms with Crippen LogP contribution in [0.4, 0.5) is 0 Å². The van der Waals surface area contributed by atoms with E-state index < -0.39 is 5.97 Å². The van der Waals surface area contributed by atoms with E-state index in [0.717, 1.165) is 16.5 Å². The lowest BCUT2D eigenvalue weighted by molar-refractivity contribution is -0.137. The van der Waals surface area contributed by atoms with Crippen LogP contribution >= 0.6 is 11.6 Å². The summed E-state index contributed by atoms with van der Waals surface area (Å²) in [5, 5.41) is 10.2. The van der Waals surface area contributed by atoms with Crippen molar-refractivity contribution >= 4 is 34.5 Å². The Morgan fingerprint density at radius 1 is 1.52 bits per heavy atom. The van der Waals surface area contributed by atoms with Crippen LogP contribution in [-0.2, 0) is 9.53 Å². The van der Waals surface area contributed by atoms with Gasteiger partial charge in [0.15, 0.2) is 0 Å². The fourth-order valence-electron chi connectivity index (χ4n) is 1.94. The first-order valence-corrected chi connectivity index (χ1v) is 6.79. The molecule has 1 aromatic heterocycles. The Hall–Kier alpha value is -2.38. The quantitative estimate of drug-likeness (QED) is 0.375. The van der Waals surface area contributed by atoms with E-state index in [4.69, 9.17) is 21.6 Å². The molecule has 0 unspecified atom stereocenters. The number of nitriles is 1. The predicted octanol–water partition coefficient (Wildman–Crippen LogP) is 3.67. The molecule has 0 aliphatic carbocycles. The van der Waals surface area contributed by atoms with Gasteiger partial charge < -0.3 is 4.74 Å². The van der Waals surface area contributed by atoms with Crippen LogP contribution in [0.25, 0.3) is 17.0 Å². The number of esters is 1. The van der Waals surface area contributed by atoms with Gasteiger partial charge in [-0.25, -0.2) is 9.78 Å². The maximum atomic E-state index is 11.6. The van der Waals surface area contributed by atoms with E-state index in [1.807, 2.05) is 31.2 Å². The number of nitrogens with zero attached hydrogens (tertiary/aromatic N) is 2. The molecule has 0 amide bonds. The van der Waals surface area contributed by atoms with Gasteiger partial charge in [0.25, 0.3) is 0 Å². The molecule has 1 heterocycles. The Kier molecular flexibility index (Phi) is 4.56. The standard InChI is InChI=1S/C16H13ClN2O2/c1-3-21-16(20)13(9-18)8-12-7-11-6-4-5-10(2)14(11)19-15(12)17/h4-8H,3H2,1-2H3/b13-8+. The number of benzene rings is 1. The highest BCUT2D eigenvalue weighted by Crippen LogP contribution is 2.24. The summed E-state index contributed by atoms with van der Waals surface area (Å²) < 4.78 is 4.82. The van der Waals surface area contributed by atoms with E-state index in [-0.39, 0.29) is 17.3 Å². The lowest BCUT2D eigenvalue weighted by Crippen LogP contribution is -2.06. The van der Waals surface area contributed by atoms with E-state index in [1.54, 1.807) is 13.0 Å². The second-order valence-electron chi connectivity index (χ2n) is 4.41. The van der Waals surface area contributed by atoms with Crippen LogP contribution in [-0.4, -0.2) is 17.6 Å². The summed E-state index contributed by atoms with van der Waals surface area (Å²) in [6.45, 7) is 3.83. The molecule has 106 valence electrons. The molecule has 2 aromatic rings. The van der Waals surface area contributed by atoms with Crippen molar-refractivity contribution in [3.05, 3.63) is 46.1 Å². The lowest BCUT2D eigenvalue weighted by Gasteiger charge is -2.05. The average molecular weight is 301 g/mol. The number of aryl methyl sites for hydroxylation is 1. The molecule has 1 aromatic carbocycles. The summed E-state index contributed by atoms with van der Waals surface area (Å²) in [7, 11) is 0. The zero-order valence-electron chi connectivity index (χ0n) is 11.7. The SMILES string of the molecule is CCOC(=O)/C(C#N)=C/c1cc2cccc(C)c2nc1Cl. The number of halogens is 1. The number of fused-ring (bicyclic) bond motifs is 1. The summed E-state index contributed by atoms with van der Waals surface area (Å²) >= 11 is 6.14. The van der Waals surface area contributed by atoms with Gasteiger partial charge in [-0.3, -0.25) is 0 Å². The number of pyridine rings is 1. The minimum atomic E-state index is -0.666. The second-order valence-corrected chi connectivity index (χ2v) is 4.76. The number of hydrogen-bond donors (Lipinski definition) is 0. The van der Waals surface area contributed by atoms with E-state index in [2.05, 4.69) is 4.98 Å². The van der Waals surface area contributed by atoms with Gasteiger partial charge in [0, 0.05) is 10.9 Å². The molecule has 0 saturated carbocycles. The van der Waals surface area contributed by atoms with Gasteiger partial charge in [-0.05, 0) is 31.6 Å². The van der Waals surface area contributed by atoms with Crippen molar-refractivity contribution in [2.45, 2.75) is 13.8 Å². The normalized spacial score (nSPS) is 11.2. The van der Waals surface area contributed by atoms with Gasteiger partial charge in [0.05, 0.1) is 12.1 Å². The maximum Gasteiger partial charge on any atom is 0.348 e. The number of ether oxygens (including phenoxy) is 1. The Bertz CT molecular complexity index is 776. The van der Waals surface area contributed by atoms with E-state index in [0.29, 0.717) is 5.56 Å². The highest BCUT2D eigenvalue weighted by atomic mass is 35.5. The van der Waals surface area contributed by atoms with E-state index >= 15 is 0 Å². The monoisotopic (exact) mass is 300 g/mol. The van der Waals surface area contributed by atoms with Crippen molar-refractivity contribution in [2.24, 2.45) is 0 Å². The summed E-state index contributed by atoms with van der Waals surface area (Å²) in [5.41, 5.74) is 2.22. The minimum Gasteiger partial charge on any atom is -0.462 e. The summed E-state index contributed by atoms with van der Waals surface area (Å²) in [4.78, 5) is 16.0. The smallest absolute Gasteiger partial charge is 0.348 e. The number of carbonyl (C=O) groups is 1. The number of hydrogen-bond acceptors (Lipinski definition) is 4. The molecule has 0 bridgehead atoms. The minimum absolute atomic E-state index is 0.104. The topological polar surface area (TPSA) is 63.0 Å². The molecule has 0 spiro atoms. The van der Waals surface area contributed by atoms with Gasteiger partial charge in [0.1, 0.15) is 16.8 Å². The molecule has 0 atom stereocenters. The van der Waals surface area contributed by atoms with Gasteiger partial charge in [0.2, 0.25) is 0 Å². The molecule has 0 N–H and O–H groups in total. The highest BCUT2D eigenvalue weighted by Gasteiger charge is 2.12. The van der Waals surface area contributed by atoms with E-state index in [9.17, 15) is 4.79 Å². The average Bonchev–Trinajstić information content (AvgIpc) is 2.46. The second kappa shape index (κ2) is 6.38. The van der Waals surface area contributed by atoms with Crippen LogP contribution in [0.15, 0.2) is 29.8 Å². The van der Waals surface area contributed by atoms with Crippen molar-refractivity contribution in [1.29, 1.82) is 5.26 Å². The lowest BCUT2D eigenvalue weighted by atomic mass is 10.1. The van der Waals surface area contributed by atoms with Gasteiger partial charge in [-0.15, -0.1) is 0 Å². The van der Waals surface area contributed by atoms with Crippen LogP contribution < -0.4 is 0 Å². The zero-order valence-corrected chi connectivity index (χ0v) is 12.4. The molecule has 0 aliphatic heterocycles. The number of para-hydroxylation sites is 1. The molecule has 0 saturated heterocycles. The highest BCUT2D eigenvalue weighted by molar-refractivity contribution is 6.31. The first-order chi connectivity index (χ1) is 10.1. The number of aromatic nitrogens is 1. The molecule has 2 rings (SSSR count). The van der Waals surface area contributed by atoms with Crippen molar-refractivity contribution in [3.8, 4) is 6.07 Å². The van der Waals surface area contributed by atoms with E-state index in [1.165, 1.54) is 6.08 Å². The Labute approximate surface area is 127 Å². The molecule has 5 heteroatoms. The Morgan fingerprint density at radius 2 is 2.29 bits per heavy atom. The van der Waals surface area contributed by atoms with Gasteiger partial charge in [-0.1, -0.05) is 29.8 Å². The van der Waals surface area contributed by atoms with Crippen LogP contribution in [0, 0.1) is 18.3 Å². The van der Waals surface area contributed by atoms with Crippen molar-refractivity contribution in [3.63, 3.8) is 0 Å². The first kappa shape index (κ1) is 15.0. The zero-order chi connectivity index (χ0) is 15.4. The summed E-state index contributed by atoms with van der Waals surface area (Å²) in [6.07, 6.45) is 1.40. The maximum absolute atomic E-state index is 11.6. The largest absolute Gasteiger partial charge is 0.462 e. The predicted molar refractivity (Wildman–Crippen MR) is 81.7 cm³/mol. The third-order valence-corrected chi connectivity index (χ3v) is 3.25. The summed E-state index contributed by atoms with van der Waals surface area (Å²) in [6, 6.07) is 9.38. The fraction of sp³-hybridized carbons (Fsp3) is 0.188. The third-order valence-electron chi connectivity index (χ3n) is 2.94. The number of rotatable bonds is 3.